The molecular formula is C34H29F4N3O4S. The van der Waals surface area contributed by atoms with Gasteiger partial charge < -0.3 is 10.4 Å². The first-order valence-corrected chi connectivity index (χ1v) is 15.8. The van der Waals surface area contributed by atoms with Gasteiger partial charge in [0.2, 0.25) is 10.0 Å². The maximum absolute atomic E-state index is 13.9. The van der Waals surface area contributed by atoms with E-state index in [4.69, 9.17) is 5.26 Å². The highest BCUT2D eigenvalue weighted by Gasteiger charge is 2.46. The third-order valence-electron chi connectivity index (χ3n) is 8.18. The number of rotatable bonds is 8. The number of hydrogen-bond acceptors (Lipinski definition) is 5. The molecule has 46 heavy (non-hydrogen) atoms. The first-order chi connectivity index (χ1) is 21.8. The Labute approximate surface area is 263 Å². The molecule has 0 radical (unpaired) electrons. The average Bonchev–Trinajstić information content (AvgIpc) is 3.05. The maximum atomic E-state index is 13.9. The van der Waals surface area contributed by atoms with E-state index in [0.717, 1.165) is 47.5 Å². The maximum Gasteiger partial charge on any atom is 0.417 e. The second-order valence-corrected chi connectivity index (χ2v) is 13.1. The Bertz CT molecular complexity index is 1870. The molecule has 1 unspecified atom stereocenters. The minimum Gasteiger partial charge on any atom is -0.379 e. The molecule has 1 heterocycles. The number of alkyl halides is 3. The van der Waals surface area contributed by atoms with Crippen molar-refractivity contribution in [1.82, 2.24) is 4.31 Å². The molecule has 1 aliphatic rings. The topological polar surface area (TPSA) is 110 Å². The van der Waals surface area contributed by atoms with Crippen molar-refractivity contribution in [3.8, 4) is 17.2 Å². The molecule has 12 heteroatoms. The molecular weight excluding hydrogens is 622 g/mol. The smallest absolute Gasteiger partial charge is 0.379 e. The van der Waals surface area contributed by atoms with Crippen molar-refractivity contribution in [2.75, 3.05) is 18.4 Å². The normalized spacial score (nSPS) is 15.9. The molecule has 0 saturated carbocycles. The first-order valence-electron chi connectivity index (χ1n) is 14.4. The average molecular weight is 652 g/mol. The highest BCUT2D eigenvalue weighted by Crippen LogP contribution is 2.37. The van der Waals surface area contributed by atoms with Crippen LogP contribution in [-0.4, -0.2) is 42.4 Å². The molecule has 1 saturated heterocycles. The molecule has 0 aromatic heterocycles. The Hall–Kier alpha value is -4.57. The van der Waals surface area contributed by atoms with Crippen LogP contribution in [0.3, 0.4) is 0 Å². The first kappa shape index (κ1) is 32.8. The summed E-state index contributed by atoms with van der Waals surface area (Å²) in [7, 11) is -3.99. The minimum atomic E-state index is -4.86. The van der Waals surface area contributed by atoms with Crippen LogP contribution in [0.4, 0.5) is 23.2 Å². The lowest BCUT2D eigenvalue weighted by atomic mass is 9.76. The number of nitrogens with zero attached hydrogens (tertiary/aromatic N) is 2. The van der Waals surface area contributed by atoms with E-state index in [2.05, 4.69) is 5.32 Å². The highest BCUT2D eigenvalue weighted by atomic mass is 32.2. The number of hydrogen-bond donors (Lipinski definition) is 2. The van der Waals surface area contributed by atoms with Gasteiger partial charge in [0.25, 0.3) is 5.91 Å². The molecule has 4 aromatic rings. The van der Waals surface area contributed by atoms with E-state index in [1.807, 2.05) is 42.5 Å². The van der Waals surface area contributed by atoms with Crippen molar-refractivity contribution < 1.29 is 35.9 Å². The largest absolute Gasteiger partial charge is 0.417 e. The number of halogens is 4. The van der Waals surface area contributed by atoms with Crippen LogP contribution in [0.15, 0.2) is 102 Å². The van der Waals surface area contributed by atoms with Crippen molar-refractivity contribution in [1.29, 1.82) is 5.26 Å². The molecule has 7 nitrogen and oxygen atoms in total. The summed E-state index contributed by atoms with van der Waals surface area (Å²) in [4.78, 5) is 13.8. The zero-order chi connectivity index (χ0) is 33.1. The Kier molecular flexibility index (Phi) is 9.30. The summed E-state index contributed by atoms with van der Waals surface area (Å²) in [5.74, 6) is -2.34. The van der Waals surface area contributed by atoms with Gasteiger partial charge >= 0.3 is 6.18 Å². The SMILES string of the molecule is N#Cc1ccc(NC(=O)C(O)(Cc2cccc(-c3ccccc3)c2)C2CCN(S(=O)(=O)c3ccc(F)cc3)CC2)cc1C(F)(F)F. The van der Waals surface area contributed by atoms with Crippen LogP contribution in [0, 0.1) is 23.1 Å². The van der Waals surface area contributed by atoms with E-state index in [1.165, 1.54) is 10.4 Å². The fraction of sp³-hybridized carbons (Fsp3) is 0.235. The molecule has 4 aromatic carbocycles. The van der Waals surface area contributed by atoms with Crippen LogP contribution in [-0.2, 0) is 27.4 Å². The van der Waals surface area contributed by atoms with Gasteiger partial charge in [-0.2, -0.15) is 22.7 Å². The van der Waals surface area contributed by atoms with Gasteiger partial charge in [0, 0.05) is 25.2 Å². The number of nitriles is 1. The lowest BCUT2D eigenvalue weighted by Crippen LogP contribution is -2.54. The molecule has 5 rings (SSSR count). The number of piperidine rings is 1. The number of carbonyl (C=O) groups is 1. The Morgan fingerprint density at radius 3 is 2.20 bits per heavy atom. The molecule has 0 spiro atoms. The zero-order valence-electron chi connectivity index (χ0n) is 24.3. The van der Waals surface area contributed by atoms with Gasteiger partial charge in [0.05, 0.1) is 22.1 Å². The quantitative estimate of drug-likeness (QED) is 0.215. The predicted octanol–water partition coefficient (Wildman–Crippen LogP) is 6.40. The van der Waals surface area contributed by atoms with Crippen LogP contribution in [0.25, 0.3) is 11.1 Å². The number of benzene rings is 4. The highest BCUT2D eigenvalue weighted by molar-refractivity contribution is 7.89. The minimum absolute atomic E-state index is 0.0564. The molecule has 0 bridgehead atoms. The molecule has 1 aliphatic heterocycles. The van der Waals surface area contributed by atoms with E-state index in [1.54, 1.807) is 12.1 Å². The summed E-state index contributed by atoms with van der Waals surface area (Å²) in [6.07, 6.45) is -4.95. The van der Waals surface area contributed by atoms with Crippen molar-refractivity contribution in [3.63, 3.8) is 0 Å². The van der Waals surface area contributed by atoms with Crippen molar-refractivity contribution in [2.45, 2.75) is 35.9 Å². The lowest BCUT2D eigenvalue weighted by Gasteiger charge is -2.40. The molecule has 1 atom stereocenters. The van der Waals surface area contributed by atoms with E-state index in [-0.39, 0.29) is 42.9 Å². The summed E-state index contributed by atoms with van der Waals surface area (Å²) >= 11 is 0. The molecule has 0 aliphatic carbocycles. The fourth-order valence-electron chi connectivity index (χ4n) is 5.74. The summed E-state index contributed by atoms with van der Waals surface area (Å²) in [6.45, 7) is -0.113. The zero-order valence-corrected chi connectivity index (χ0v) is 25.2. The third-order valence-corrected chi connectivity index (χ3v) is 10.1. The van der Waals surface area contributed by atoms with Gasteiger partial charge in [-0.25, -0.2) is 12.8 Å². The lowest BCUT2D eigenvalue weighted by molar-refractivity contribution is -0.142. The van der Waals surface area contributed by atoms with Gasteiger partial charge in [-0.05, 0) is 77.9 Å². The van der Waals surface area contributed by atoms with E-state index in [0.29, 0.717) is 11.6 Å². The van der Waals surface area contributed by atoms with Crippen molar-refractivity contribution in [3.05, 3.63) is 120 Å². The Morgan fingerprint density at radius 2 is 1.57 bits per heavy atom. The third kappa shape index (κ3) is 6.97. The van der Waals surface area contributed by atoms with Crippen LogP contribution >= 0.6 is 0 Å². The van der Waals surface area contributed by atoms with Crippen LogP contribution in [0.2, 0.25) is 0 Å². The Balaban J connectivity index is 1.45. The standard InChI is InChI=1S/C34H29F4N3O4S/c35-28-10-13-30(14-11-28)46(44,45)41-17-15-27(16-18-41)33(43,21-23-5-4-8-25(19-23)24-6-2-1-3-7-24)32(42)40-29-12-9-26(22-39)31(20-29)34(36,37)38/h1-14,19-20,27,43H,15-18,21H2,(H,40,42). The second-order valence-electron chi connectivity index (χ2n) is 11.1. The number of amides is 1. The van der Waals surface area contributed by atoms with E-state index in [9.17, 15) is 35.9 Å². The van der Waals surface area contributed by atoms with E-state index >= 15 is 0 Å². The molecule has 238 valence electrons. The van der Waals surface area contributed by atoms with Crippen molar-refractivity contribution >= 4 is 21.6 Å². The number of nitrogens with one attached hydrogen (secondary N) is 1. The molecule has 2 N–H and O–H groups in total. The van der Waals surface area contributed by atoms with Crippen LogP contribution < -0.4 is 5.32 Å². The number of aliphatic hydroxyl groups is 1. The van der Waals surface area contributed by atoms with E-state index < -0.39 is 50.6 Å². The van der Waals surface area contributed by atoms with Gasteiger partial charge in [-0.3, -0.25) is 4.79 Å². The number of sulfonamides is 1. The van der Waals surface area contributed by atoms with Crippen molar-refractivity contribution in [2.24, 2.45) is 5.92 Å². The number of anilines is 1. The van der Waals surface area contributed by atoms with Gasteiger partial charge in [-0.1, -0.05) is 54.6 Å². The van der Waals surface area contributed by atoms with Gasteiger partial charge in [0.15, 0.2) is 0 Å². The van der Waals surface area contributed by atoms with Crippen LogP contribution in [0.5, 0.6) is 0 Å². The van der Waals surface area contributed by atoms with Gasteiger partial charge in [-0.15, -0.1) is 0 Å². The monoisotopic (exact) mass is 651 g/mol. The Morgan fingerprint density at radius 1 is 0.913 bits per heavy atom. The fourth-order valence-corrected chi connectivity index (χ4v) is 7.21. The summed E-state index contributed by atoms with van der Waals surface area (Å²) in [6, 6.07) is 25.2. The van der Waals surface area contributed by atoms with Gasteiger partial charge in [0.1, 0.15) is 11.4 Å². The summed E-state index contributed by atoms with van der Waals surface area (Å²) < 4.78 is 81.9. The molecule has 1 fully saturated rings. The molecule has 1 amide bonds. The second kappa shape index (κ2) is 13.0. The number of carbonyl (C=O) groups excluding carboxylic acids is 1. The van der Waals surface area contributed by atoms with Crippen LogP contribution in [0.1, 0.15) is 29.5 Å². The predicted molar refractivity (Wildman–Crippen MR) is 163 cm³/mol. The summed E-state index contributed by atoms with van der Waals surface area (Å²) in [5, 5.41) is 23.7. The summed E-state index contributed by atoms with van der Waals surface area (Å²) in [5.41, 5.74) is -1.97.